The van der Waals surface area contributed by atoms with E-state index in [0.29, 0.717) is 23.1 Å². The number of methoxy groups -OCH3 is 2. The largest absolute Gasteiger partial charge is 3.00 e. The van der Waals surface area contributed by atoms with Crippen molar-refractivity contribution in [3.63, 3.8) is 0 Å². The predicted octanol–water partition coefficient (Wildman–Crippen LogP) is -6.57. The number of halogens is 3. The van der Waals surface area contributed by atoms with Crippen LogP contribution >= 0.6 is 0 Å². The van der Waals surface area contributed by atoms with Gasteiger partial charge in [-0.05, 0) is 36.4 Å². The van der Waals surface area contributed by atoms with Crippen molar-refractivity contribution in [1.82, 2.24) is 4.98 Å². The van der Waals surface area contributed by atoms with Gasteiger partial charge in [0, 0.05) is 0 Å². The van der Waals surface area contributed by atoms with Crippen LogP contribution in [0.15, 0.2) is 86.1 Å². The van der Waals surface area contributed by atoms with Crippen molar-refractivity contribution in [2.45, 2.75) is 12.1 Å². The zero-order chi connectivity index (χ0) is 19.1. The Hall–Kier alpha value is -2.16. The fourth-order valence-corrected chi connectivity index (χ4v) is 3.43. The molecular formula is C21H17Cl3N5O2V. The molecule has 0 saturated carbocycles. The minimum Gasteiger partial charge on any atom is -1.00 e. The van der Waals surface area contributed by atoms with E-state index < -0.39 is 0 Å². The van der Waals surface area contributed by atoms with Crippen molar-refractivity contribution in [2.24, 2.45) is 20.0 Å². The molecular weight excluding hydrogens is 512 g/mol. The minimum atomic E-state index is -0.207. The molecule has 11 heteroatoms. The van der Waals surface area contributed by atoms with Crippen LogP contribution in [0.5, 0.6) is 0 Å². The summed E-state index contributed by atoms with van der Waals surface area (Å²) < 4.78 is 10.8. The zero-order valence-electron chi connectivity index (χ0n) is 17.0. The van der Waals surface area contributed by atoms with Crippen LogP contribution in [0, 0.1) is 0 Å². The van der Waals surface area contributed by atoms with Gasteiger partial charge in [0.05, 0.1) is 25.6 Å². The van der Waals surface area contributed by atoms with Crippen LogP contribution in [0.4, 0.5) is 0 Å². The van der Waals surface area contributed by atoms with E-state index in [0.717, 1.165) is 22.9 Å². The van der Waals surface area contributed by atoms with Crippen LogP contribution in [0.25, 0.3) is 0 Å². The number of nitrogens with zero attached hydrogens (tertiary/aromatic N) is 5. The summed E-state index contributed by atoms with van der Waals surface area (Å²) in [6.07, 6.45) is 11.5. The Bertz CT molecular complexity index is 1040. The third kappa shape index (κ3) is 4.92. The Kier molecular flexibility index (Phi) is 10.1. The van der Waals surface area contributed by atoms with Gasteiger partial charge >= 0.3 is 18.6 Å². The maximum atomic E-state index is 5.41. The second-order valence-electron chi connectivity index (χ2n) is 6.46. The van der Waals surface area contributed by atoms with Gasteiger partial charge in [-0.25, -0.2) is 25.0 Å². The summed E-state index contributed by atoms with van der Waals surface area (Å²) in [5.41, 5.74) is 3.07. The summed E-state index contributed by atoms with van der Waals surface area (Å²) in [5, 5.41) is 0. The van der Waals surface area contributed by atoms with Crippen molar-refractivity contribution in [3.8, 4) is 0 Å². The van der Waals surface area contributed by atoms with Crippen molar-refractivity contribution >= 4 is 23.1 Å². The Morgan fingerprint density at radius 2 is 1.16 bits per heavy atom. The number of aliphatic imine (C=N–C) groups is 4. The van der Waals surface area contributed by atoms with E-state index in [1.807, 2.05) is 54.7 Å². The second-order valence-corrected chi connectivity index (χ2v) is 6.46. The fraction of sp³-hybridized carbons (Fsp3) is 0.190. The Labute approximate surface area is 216 Å². The number of hydrogen-bond acceptors (Lipinski definition) is 7. The summed E-state index contributed by atoms with van der Waals surface area (Å²) in [4.78, 5) is 23.3. The zero-order valence-corrected chi connectivity index (χ0v) is 20.6. The number of aromatic nitrogens is 1. The summed E-state index contributed by atoms with van der Waals surface area (Å²) in [6, 6.07) is 5.28. The molecule has 2 atom stereocenters. The molecule has 5 rings (SSSR count). The minimum absolute atomic E-state index is 0. The molecule has 0 spiro atoms. The molecule has 1 aromatic heterocycles. The number of amidine groups is 2. The van der Waals surface area contributed by atoms with Crippen molar-refractivity contribution in [2.75, 3.05) is 14.2 Å². The van der Waals surface area contributed by atoms with Crippen molar-refractivity contribution < 1.29 is 65.3 Å². The Balaban J connectivity index is 0.00000128. The normalized spacial score (nSPS) is 21.3. The molecule has 0 amide bonds. The van der Waals surface area contributed by atoms with Gasteiger partial charge in [0.15, 0.2) is 23.8 Å². The summed E-state index contributed by atoms with van der Waals surface area (Å²) in [6.45, 7) is 0. The maximum Gasteiger partial charge on any atom is 3.00 e. The number of allylic oxidation sites excluding steroid dienone is 4. The first kappa shape index (κ1) is 27.9. The molecule has 7 nitrogen and oxygen atoms in total. The van der Waals surface area contributed by atoms with E-state index >= 15 is 0 Å². The van der Waals surface area contributed by atoms with Gasteiger partial charge in [-0.15, -0.1) is 0 Å². The molecule has 2 aliphatic carbocycles. The SMILES string of the molecule is COC1=CC=CC2=NC(c3cccc(C4=NC5C(OC)=CC=CC5=N4)n3)=NC12.[Cl-].[Cl-].[Cl-].[V+3]. The third-order valence-corrected chi connectivity index (χ3v) is 4.81. The molecule has 32 heavy (non-hydrogen) atoms. The quantitative estimate of drug-likeness (QED) is 0.390. The number of rotatable bonds is 4. The molecule has 0 aromatic carbocycles. The van der Waals surface area contributed by atoms with Gasteiger partial charge in [-0.3, -0.25) is 0 Å². The fourth-order valence-electron chi connectivity index (χ4n) is 3.43. The van der Waals surface area contributed by atoms with Gasteiger partial charge in [-0.1, -0.05) is 18.2 Å². The number of hydrogen-bond donors (Lipinski definition) is 0. The standard InChI is InChI=1S/C21H17N5O2.3ClH.V/c1-27-16-10-4-6-12-18(16)25-20(23-12)14-8-3-9-15(22-14)21-24-13-7-5-11-17(28-2)19(13)26-21;;;;/h3-11,18-19H,1-2H3;3*1H;/q;;;;+3/p-3. The third-order valence-electron chi connectivity index (χ3n) is 4.81. The smallest absolute Gasteiger partial charge is 1.00 e. The number of fused-ring (bicyclic) bond motifs is 2. The summed E-state index contributed by atoms with van der Waals surface area (Å²) >= 11 is 0. The van der Waals surface area contributed by atoms with Crippen LogP contribution in [-0.2, 0) is 28.0 Å². The van der Waals surface area contributed by atoms with Crippen molar-refractivity contribution in [1.29, 1.82) is 0 Å². The predicted molar refractivity (Wildman–Crippen MR) is 108 cm³/mol. The molecule has 0 N–H and O–H groups in total. The van der Waals surface area contributed by atoms with Crippen molar-refractivity contribution in [3.05, 3.63) is 77.6 Å². The van der Waals surface area contributed by atoms with E-state index in [4.69, 9.17) is 14.5 Å². The van der Waals surface area contributed by atoms with Crippen LogP contribution < -0.4 is 37.2 Å². The number of ether oxygens (including phenoxy) is 2. The molecule has 3 heterocycles. The molecule has 2 aliphatic heterocycles. The second kappa shape index (κ2) is 11.6. The maximum absolute atomic E-state index is 5.41. The first-order chi connectivity index (χ1) is 13.8. The van der Waals surface area contributed by atoms with E-state index in [-0.39, 0.29) is 67.9 Å². The van der Waals surface area contributed by atoms with Gasteiger partial charge < -0.3 is 46.7 Å². The van der Waals surface area contributed by atoms with Crippen LogP contribution in [-0.4, -0.2) is 54.4 Å². The van der Waals surface area contributed by atoms with Crippen LogP contribution in [0.1, 0.15) is 11.4 Å². The monoisotopic (exact) mass is 527 g/mol. The van der Waals surface area contributed by atoms with Crippen LogP contribution in [0.2, 0.25) is 0 Å². The molecule has 4 aliphatic rings. The molecule has 1 aromatic rings. The average molecular weight is 529 g/mol. The molecule has 0 bridgehead atoms. The summed E-state index contributed by atoms with van der Waals surface area (Å²) in [5.74, 6) is 2.71. The molecule has 164 valence electrons. The topological polar surface area (TPSA) is 80.8 Å². The van der Waals surface area contributed by atoms with Gasteiger partial charge in [0.25, 0.3) is 0 Å². The molecule has 0 saturated heterocycles. The van der Waals surface area contributed by atoms with E-state index in [9.17, 15) is 0 Å². The summed E-state index contributed by atoms with van der Waals surface area (Å²) in [7, 11) is 3.28. The number of pyridine rings is 1. The molecule has 2 unspecified atom stereocenters. The first-order valence-electron chi connectivity index (χ1n) is 8.92. The Morgan fingerprint density at radius 1 is 0.719 bits per heavy atom. The Morgan fingerprint density at radius 3 is 1.56 bits per heavy atom. The average Bonchev–Trinajstić information content (AvgIpc) is 3.37. The van der Waals surface area contributed by atoms with Crippen LogP contribution in [0.3, 0.4) is 0 Å². The van der Waals surface area contributed by atoms with E-state index in [1.165, 1.54) is 0 Å². The first-order valence-corrected chi connectivity index (χ1v) is 8.92. The molecule has 0 radical (unpaired) electrons. The van der Waals surface area contributed by atoms with Gasteiger partial charge in [0.1, 0.15) is 22.9 Å². The van der Waals surface area contributed by atoms with Gasteiger partial charge in [-0.2, -0.15) is 0 Å². The molecule has 0 fully saturated rings. The van der Waals surface area contributed by atoms with E-state index in [1.54, 1.807) is 14.2 Å². The van der Waals surface area contributed by atoms with Gasteiger partial charge in [0.2, 0.25) is 0 Å². The van der Waals surface area contributed by atoms with E-state index in [2.05, 4.69) is 20.0 Å².